The molecule has 20 heavy (non-hydrogen) atoms. The molecule has 106 valence electrons. The van der Waals surface area contributed by atoms with E-state index in [9.17, 15) is 0 Å². The molecule has 2 aromatic carbocycles. The second kappa shape index (κ2) is 6.44. The van der Waals surface area contributed by atoms with Crippen molar-refractivity contribution in [3.05, 3.63) is 58.7 Å². The van der Waals surface area contributed by atoms with Crippen LogP contribution in [0.4, 0.5) is 0 Å². The average molecular weight is 271 g/mol. The van der Waals surface area contributed by atoms with Crippen molar-refractivity contribution >= 4 is 0 Å². The van der Waals surface area contributed by atoms with E-state index in [1.165, 1.54) is 11.1 Å². The van der Waals surface area contributed by atoms with E-state index >= 15 is 0 Å². The zero-order chi connectivity index (χ0) is 14.5. The predicted octanol–water partition coefficient (Wildman–Crippen LogP) is 3.35. The molecule has 3 nitrogen and oxygen atoms in total. The summed E-state index contributed by atoms with van der Waals surface area (Å²) in [5.41, 5.74) is 10.4. The summed E-state index contributed by atoms with van der Waals surface area (Å²) in [5, 5.41) is 0. The van der Waals surface area contributed by atoms with Gasteiger partial charge in [0.05, 0.1) is 7.11 Å². The van der Waals surface area contributed by atoms with Crippen LogP contribution in [0.2, 0.25) is 0 Å². The minimum Gasteiger partial charge on any atom is -0.497 e. The lowest BCUT2D eigenvalue weighted by atomic mass is 10.1. The minimum atomic E-state index is 0.451. The second-order valence-electron chi connectivity index (χ2n) is 4.89. The van der Waals surface area contributed by atoms with E-state index in [-0.39, 0.29) is 0 Å². The first kappa shape index (κ1) is 14.4. The topological polar surface area (TPSA) is 44.5 Å². The summed E-state index contributed by atoms with van der Waals surface area (Å²) in [6.45, 7) is 5.19. The maximum Gasteiger partial charge on any atom is 0.127 e. The van der Waals surface area contributed by atoms with Gasteiger partial charge in [-0.25, -0.2) is 0 Å². The van der Waals surface area contributed by atoms with Crippen molar-refractivity contribution in [2.24, 2.45) is 5.73 Å². The van der Waals surface area contributed by atoms with E-state index in [1.807, 2.05) is 18.2 Å². The fourth-order valence-electron chi connectivity index (χ4n) is 2.02. The molecular weight excluding hydrogens is 250 g/mol. The molecule has 0 aliphatic rings. The lowest BCUT2D eigenvalue weighted by Crippen LogP contribution is -2.03. The molecule has 0 amide bonds. The molecule has 3 heteroatoms. The smallest absolute Gasteiger partial charge is 0.127 e. The Labute approximate surface area is 120 Å². The molecule has 0 saturated heterocycles. The van der Waals surface area contributed by atoms with Gasteiger partial charge in [0.2, 0.25) is 0 Å². The Morgan fingerprint density at radius 2 is 1.80 bits per heavy atom. The van der Waals surface area contributed by atoms with E-state index < -0.39 is 0 Å². The van der Waals surface area contributed by atoms with Crippen molar-refractivity contribution in [3.63, 3.8) is 0 Å². The standard InChI is InChI=1S/C17H21NO2/c1-12-4-5-14(8-13(12)2)11-20-17-9-16(19-3)7-6-15(17)10-18/h4-9H,10-11,18H2,1-3H3. The average Bonchev–Trinajstić information content (AvgIpc) is 2.48. The van der Waals surface area contributed by atoms with E-state index in [1.54, 1.807) is 7.11 Å². The van der Waals surface area contributed by atoms with Gasteiger partial charge in [-0.1, -0.05) is 24.3 Å². The van der Waals surface area contributed by atoms with Gasteiger partial charge in [-0.3, -0.25) is 0 Å². The van der Waals surface area contributed by atoms with Crippen LogP contribution in [0.5, 0.6) is 11.5 Å². The number of ether oxygens (including phenoxy) is 2. The molecule has 0 aliphatic heterocycles. The highest BCUT2D eigenvalue weighted by Gasteiger charge is 2.05. The van der Waals surface area contributed by atoms with Gasteiger partial charge in [-0.15, -0.1) is 0 Å². The molecule has 0 unspecified atom stereocenters. The van der Waals surface area contributed by atoms with E-state index in [4.69, 9.17) is 15.2 Å². The van der Waals surface area contributed by atoms with Gasteiger partial charge in [0.25, 0.3) is 0 Å². The van der Waals surface area contributed by atoms with Crippen LogP contribution < -0.4 is 15.2 Å². The molecular formula is C17H21NO2. The summed E-state index contributed by atoms with van der Waals surface area (Å²) in [4.78, 5) is 0. The van der Waals surface area contributed by atoms with Crippen LogP contribution in [-0.2, 0) is 13.2 Å². The zero-order valence-electron chi connectivity index (χ0n) is 12.3. The molecule has 0 saturated carbocycles. The molecule has 0 bridgehead atoms. The molecule has 2 N–H and O–H groups in total. The molecule has 0 radical (unpaired) electrons. The van der Waals surface area contributed by atoms with Gasteiger partial charge >= 0.3 is 0 Å². The maximum atomic E-state index is 5.89. The highest BCUT2D eigenvalue weighted by Crippen LogP contribution is 2.25. The van der Waals surface area contributed by atoms with Crippen LogP contribution >= 0.6 is 0 Å². The summed E-state index contributed by atoms with van der Waals surface area (Å²) in [7, 11) is 1.64. The van der Waals surface area contributed by atoms with Crippen molar-refractivity contribution in [2.45, 2.75) is 27.0 Å². The quantitative estimate of drug-likeness (QED) is 0.907. The van der Waals surface area contributed by atoms with Gasteiger partial charge in [0, 0.05) is 18.2 Å². The lowest BCUT2D eigenvalue weighted by Gasteiger charge is -2.12. The number of benzene rings is 2. The van der Waals surface area contributed by atoms with Gasteiger partial charge in [-0.2, -0.15) is 0 Å². The Bertz CT molecular complexity index is 594. The van der Waals surface area contributed by atoms with Crippen molar-refractivity contribution < 1.29 is 9.47 Å². The van der Waals surface area contributed by atoms with Crippen LogP contribution in [0.3, 0.4) is 0 Å². The first-order valence-corrected chi connectivity index (χ1v) is 6.70. The number of aryl methyl sites for hydroxylation is 2. The molecule has 0 fully saturated rings. The summed E-state index contributed by atoms with van der Waals surface area (Å²) < 4.78 is 11.1. The molecule has 0 heterocycles. The maximum absolute atomic E-state index is 5.89. The molecule has 0 spiro atoms. The number of nitrogens with two attached hydrogens (primary N) is 1. The molecule has 0 atom stereocenters. The van der Waals surface area contributed by atoms with Crippen LogP contribution in [0.1, 0.15) is 22.3 Å². The van der Waals surface area contributed by atoms with Crippen molar-refractivity contribution in [1.82, 2.24) is 0 Å². The van der Waals surface area contributed by atoms with Crippen LogP contribution in [0.15, 0.2) is 36.4 Å². The third-order valence-corrected chi connectivity index (χ3v) is 3.46. The first-order valence-electron chi connectivity index (χ1n) is 6.70. The monoisotopic (exact) mass is 271 g/mol. The minimum absolute atomic E-state index is 0.451. The van der Waals surface area contributed by atoms with Gasteiger partial charge < -0.3 is 15.2 Å². The Hall–Kier alpha value is -2.00. The highest BCUT2D eigenvalue weighted by atomic mass is 16.5. The van der Waals surface area contributed by atoms with Gasteiger partial charge in [-0.05, 0) is 36.6 Å². The third-order valence-electron chi connectivity index (χ3n) is 3.46. The number of hydrogen-bond acceptors (Lipinski definition) is 3. The molecule has 2 aromatic rings. The Morgan fingerprint density at radius 1 is 1.00 bits per heavy atom. The molecule has 0 aliphatic carbocycles. The number of rotatable bonds is 5. The van der Waals surface area contributed by atoms with Crippen molar-refractivity contribution in [3.8, 4) is 11.5 Å². The van der Waals surface area contributed by atoms with Crippen LogP contribution in [0, 0.1) is 13.8 Å². The summed E-state index contributed by atoms with van der Waals surface area (Å²) in [6.07, 6.45) is 0. The Balaban J connectivity index is 2.15. The highest BCUT2D eigenvalue weighted by molar-refractivity contribution is 5.41. The largest absolute Gasteiger partial charge is 0.497 e. The van der Waals surface area contributed by atoms with Crippen LogP contribution in [-0.4, -0.2) is 7.11 Å². The SMILES string of the molecule is COc1ccc(CN)c(OCc2ccc(C)c(C)c2)c1. The number of methoxy groups -OCH3 is 1. The third kappa shape index (κ3) is 3.31. The van der Waals surface area contributed by atoms with E-state index in [0.29, 0.717) is 13.2 Å². The predicted molar refractivity (Wildman–Crippen MR) is 81.1 cm³/mol. The Morgan fingerprint density at radius 3 is 2.45 bits per heavy atom. The summed E-state index contributed by atoms with van der Waals surface area (Å²) >= 11 is 0. The van der Waals surface area contributed by atoms with E-state index in [0.717, 1.165) is 22.6 Å². The van der Waals surface area contributed by atoms with E-state index in [2.05, 4.69) is 32.0 Å². The normalized spacial score (nSPS) is 10.4. The lowest BCUT2D eigenvalue weighted by molar-refractivity contribution is 0.300. The van der Waals surface area contributed by atoms with Crippen molar-refractivity contribution in [2.75, 3.05) is 7.11 Å². The molecule has 2 rings (SSSR count). The summed E-state index contributed by atoms with van der Waals surface area (Å²) in [6, 6.07) is 12.1. The van der Waals surface area contributed by atoms with Crippen LogP contribution in [0.25, 0.3) is 0 Å². The van der Waals surface area contributed by atoms with Gasteiger partial charge in [0.1, 0.15) is 18.1 Å². The van der Waals surface area contributed by atoms with Crippen molar-refractivity contribution in [1.29, 1.82) is 0 Å². The second-order valence-corrected chi connectivity index (χ2v) is 4.89. The first-order chi connectivity index (χ1) is 9.63. The van der Waals surface area contributed by atoms with Gasteiger partial charge in [0.15, 0.2) is 0 Å². The molecule has 0 aromatic heterocycles. The summed E-state index contributed by atoms with van der Waals surface area (Å²) in [5.74, 6) is 1.56. The fourth-order valence-corrected chi connectivity index (χ4v) is 2.02. The number of hydrogen-bond donors (Lipinski definition) is 1. The fraction of sp³-hybridized carbons (Fsp3) is 0.294. The Kier molecular flexibility index (Phi) is 4.64. The zero-order valence-corrected chi connectivity index (χ0v) is 12.3.